The van der Waals surface area contributed by atoms with Crippen LogP contribution in [-0.4, -0.2) is 22.0 Å². The fourth-order valence-electron chi connectivity index (χ4n) is 3.21. The normalized spacial score (nSPS) is 20.0. The van der Waals surface area contributed by atoms with Gasteiger partial charge in [-0.1, -0.05) is 36.8 Å². The molecule has 0 unspecified atom stereocenters. The smallest absolute Gasteiger partial charge is 0.230 e. The summed E-state index contributed by atoms with van der Waals surface area (Å²) in [6.45, 7) is 1.28. The van der Waals surface area contributed by atoms with Gasteiger partial charge < -0.3 is 10.3 Å². The van der Waals surface area contributed by atoms with Crippen molar-refractivity contribution in [3.05, 3.63) is 48.3 Å². The summed E-state index contributed by atoms with van der Waals surface area (Å²) in [5.74, 6) is 0.981. The molecule has 1 aromatic heterocycles. The summed E-state index contributed by atoms with van der Waals surface area (Å²) >= 11 is 0. The van der Waals surface area contributed by atoms with Gasteiger partial charge in [-0.2, -0.15) is 0 Å². The fourth-order valence-corrected chi connectivity index (χ4v) is 3.21. The van der Waals surface area contributed by atoms with Crippen LogP contribution in [0.25, 0.3) is 0 Å². The van der Waals surface area contributed by atoms with Crippen molar-refractivity contribution >= 4 is 24.3 Å². The maximum absolute atomic E-state index is 12.5. The van der Waals surface area contributed by atoms with Gasteiger partial charge in [0.2, 0.25) is 11.9 Å². The second kappa shape index (κ2) is 8.13. The minimum Gasteiger partial charge on any atom is -0.330 e. The predicted octanol–water partition coefficient (Wildman–Crippen LogP) is 2.67. The number of hydrogen-bond acceptors (Lipinski definition) is 3. The number of anilines is 1. The number of hydrogen-bond donors (Lipinski definition) is 2. The molecule has 1 amide bonds. The highest BCUT2D eigenvalue weighted by Gasteiger charge is 2.32. The highest BCUT2D eigenvalue weighted by molar-refractivity contribution is 5.91. The van der Waals surface area contributed by atoms with Gasteiger partial charge in [-0.25, -0.2) is 4.98 Å². The van der Waals surface area contributed by atoms with Crippen LogP contribution in [0.1, 0.15) is 24.8 Å². The van der Waals surface area contributed by atoms with E-state index in [2.05, 4.69) is 22.4 Å². The first kappa shape index (κ1) is 17.5. The Kier molecular flexibility index (Phi) is 6.19. The van der Waals surface area contributed by atoms with Crippen LogP contribution in [0.2, 0.25) is 0 Å². The standard InChI is InChI=1S/C17H22N4O.ClH/c18-11-14-7-4-8-15(14)16(22)20-17-19-9-10-21(17)12-13-5-2-1-3-6-13;/h1-3,5-6,9-10,14-15H,4,7-8,11-12,18H2,(H,19,20,22);1H/t14-,15-;/m1./s1. The number of imidazole rings is 1. The molecule has 3 rings (SSSR count). The Bertz CT molecular complexity index is 629. The number of amides is 1. The van der Waals surface area contributed by atoms with Crippen LogP contribution in [0.5, 0.6) is 0 Å². The van der Waals surface area contributed by atoms with Crippen molar-refractivity contribution in [2.45, 2.75) is 25.8 Å². The first-order chi connectivity index (χ1) is 10.8. The Morgan fingerprint density at radius 1 is 1.30 bits per heavy atom. The molecule has 1 aromatic carbocycles. The molecule has 2 atom stereocenters. The van der Waals surface area contributed by atoms with Crippen molar-refractivity contribution in [2.75, 3.05) is 11.9 Å². The number of nitrogens with two attached hydrogens (primary N) is 1. The Hall–Kier alpha value is -1.85. The van der Waals surface area contributed by atoms with E-state index in [0.717, 1.165) is 19.3 Å². The van der Waals surface area contributed by atoms with Crippen LogP contribution in [-0.2, 0) is 11.3 Å². The van der Waals surface area contributed by atoms with Gasteiger partial charge in [0.05, 0.1) is 6.54 Å². The molecule has 6 heteroatoms. The molecule has 1 fully saturated rings. The average Bonchev–Trinajstić information content (AvgIpc) is 3.18. The third kappa shape index (κ3) is 4.12. The van der Waals surface area contributed by atoms with Crippen LogP contribution >= 0.6 is 12.4 Å². The van der Waals surface area contributed by atoms with Crippen molar-refractivity contribution in [3.63, 3.8) is 0 Å². The maximum atomic E-state index is 12.5. The summed E-state index contributed by atoms with van der Waals surface area (Å²) in [6, 6.07) is 10.1. The quantitative estimate of drug-likeness (QED) is 0.883. The van der Waals surface area contributed by atoms with Gasteiger partial charge in [-0.05, 0) is 30.9 Å². The number of carbonyl (C=O) groups excluding carboxylic acids is 1. The molecule has 2 aromatic rings. The molecule has 0 spiro atoms. The highest BCUT2D eigenvalue weighted by atomic mass is 35.5. The summed E-state index contributed by atoms with van der Waals surface area (Å²) in [6.07, 6.45) is 6.66. The van der Waals surface area contributed by atoms with E-state index in [1.807, 2.05) is 29.0 Å². The topological polar surface area (TPSA) is 72.9 Å². The number of aromatic nitrogens is 2. The average molecular weight is 335 g/mol. The van der Waals surface area contributed by atoms with Crippen LogP contribution in [0.3, 0.4) is 0 Å². The SMILES string of the molecule is Cl.NC[C@H]1CCC[C@H]1C(=O)Nc1nccn1Cc1ccccc1. The van der Waals surface area contributed by atoms with E-state index in [9.17, 15) is 4.79 Å². The monoisotopic (exact) mass is 334 g/mol. The summed E-state index contributed by atoms with van der Waals surface area (Å²) in [4.78, 5) is 16.7. The Morgan fingerprint density at radius 2 is 2.09 bits per heavy atom. The molecular formula is C17H23ClN4O. The van der Waals surface area contributed by atoms with E-state index in [4.69, 9.17) is 5.73 Å². The van der Waals surface area contributed by atoms with Crippen LogP contribution in [0.4, 0.5) is 5.95 Å². The molecule has 0 aliphatic heterocycles. The molecule has 1 saturated carbocycles. The van der Waals surface area contributed by atoms with E-state index >= 15 is 0 Å². The van der Waals surface area contributed by atoms with E-state index in [-0.39, 0.29) is 24.2 Å². The highest BCUT2D eigenvalue weighted by Crippen LogP contribution is 2.31. The largest absolute Gasteiger partial charge is 0.330 e. The second-order valence-corrected chi connectivity index (χ2v) is 5.89. The number of carbonyl (C=O) groups is 1. The molecule has 1 heterocycles. The molecule has 1 aliphatic rings. The van der Waals surface area contributed by atoms with E-state index < -0.39 is 0 Å². The molecule has 0 saturated heterocycles. The first-order valence-electron chi connectivity index (χ1n) is 7.84. The minimum absolute atomic E-state index is 0. The number of nitrogens with one attached hydrogen (secondary N) is 1. The molecule has 1 aliphatic carbocycles. The Labute approximate surface area is 142 Å². The van der Waals surface area contributed by atoms with Crippen molar-refractivity contribution in [1.82, 2.24) is 9.55 Å². The van der Waals surface area contributed by atoms with Crippen molar-refractivity contribution < 1.29 is 4.79 Å². The van der Waals surface area contributed by atoms with E-state index in [0.29, 0.717) is 25.0 Å². The van der Waals surface area contributed by atoms with E-state index in [1.165, 1.54) is 5.56 Å². The lowest BCUT2D eigenvalue weighted by Gasteiger charge is -2.17. The predicted molar refractivity (Wildman–Crippen MR) is 93.5 cm³/mol. The molecule has 3 N–H and O–H groups in total. The van der Waals surface area contributed by atoms with Gasteiger partial charge in [0.15, 0.2) is 0 Å². The second-order valence-electron chi connectivity index (χ2n) is 5.89. The van der Waals surface area contributed by atoms with Gasteiger partial charge in [0.1, 0.15) is 0 Å². The van der Waals surface area contributed by atoms with E-state index in [1.54, 1.807) is 6.20 Å². The minimum atomic E-state index is 0. The summed E-state index contributed by atoms with van der Waals surface area (Å²) in [5, 5.41) is 2.97. The Balaban J connectivity index is 0.00000192. The van der Waals surface area contributed by atoms with Crippen molar-refractivity contribution in [2.24, 2.45) is 17.6 Å². The molecule has 0 radical (unpaired) electrons. The zero-order valence-corrected chi connectivity index (χ0v) is 13.8. The lowest BCUT2D eigenvalue weighted by Crippen LogP contribution is -2.30. The molecular weight excluding hydrogens is 312 g/mol. The number of nitrogens with zero attached hydrogens (tertiary/aromatic N) is 2. The van der Waals surface area contributed by atoms with Crippen LogP contribution < -0.4 is 11.1 Å². The van der Waals surface area contributed by atoms with Crippen LogP contribution in [0.15, 0.2) is 42.7 Å². The summed E-state index contributed by atoms with van der Waals surface area (Å²) in [7, 11) is 0. The van der Waals surface area contributed by atoms with Gasteiger partial charge >= 0.3 is 0 Å². The van der Waals surface area contributed by atoms with Gasteiger partial charge in [-0.15, -0.1) is 12.4 Å². The molecule has 23 heavy (non-hydrogen) atoms. The van der Waals surface area contributed by atoms with Gasteiger partial charge in [0.25, 0.3) is 0 Å². The van der Waals surface area contributed by atoms with Crippen molar-refractivity contribution in [1.29, 1.82) is 0 Å². The molecule has 0 bridgehead atoms. The lowest BCUT2D eigenvalue weighted by molar-refractivity contribution is -0.120. The third-order valence-corrected chi connectivity index (χ3v) is 4.44. The number of rotatable bonds is 5. The molecule has 5 nitrogen and oxygen atoms in total. The maximum Gasteiger partial charge on any atom is 0.230 e. The zero-order valence-electron chi connectivity index (χ0n) is 13.0. The first-order valence-corrected chi connectivity index (χ1v) is 7.84. The number of benzene rings is 1. The lowest BCUT2D eigenvalue weighted by atomic mass is 9.95. The summed E-state index contributed by atoms with van der Waals surface area (Å²) < 4.78 is 1.96. The van der Waals surface area contributed by atoms with Gasteiger partial charge in [0, 0.05) is 18.3 Å². The third-order valence-electron chi connectivity index (χ3n) is 4.44. The summed E-state index contributed by atoms with van der Waals surface area (Å²) in [5.41, 5.74) is 6.94. The van der Waals surface area contributed by atoms with Gasteiger partial charge in [-0.3, -0.25) is 10.1 Å². The molecule has 124 valence electrons. The number of halogens is 1. The Morgan fingerprint density at radius 3 is 2.83 bits per heavy atom. The van der Waals surface area contributed by atoms with Crippen molar-refractivity contribution in [3.8, 4) is 0 Å². The van der Waals surface area contributed by atoms with Crippen LogP contribution in [0, 0.1) is 11.8 Å². The zero-order chi connectivity index (χ0) is 15.4. The fraction of sp³-hybridized carbons (Fsp3) is 0.412.